The lowest BCUT2D eigenvalue weighted by atomic mass is 10.0. The van der Waals surface area contributed by atoms with E-state index in [4.69, 9.17) is 0 Å². The maximum absolute atomic E-state index is 13.6. The van der Waals surface area contributed by atoms with Crippen molar-refractivity contribution in [1.82, 2.24) is 35.3 Å². The van der Waals surface area contributed by atoms with E-state index in [9.17, 15) is 26.3 Å². The van der Waals surface area contributed by atoms with Crippen LogP contribution in [0.2, 0.25) is 0 Å². The molecule has 0 N–H and O–H groups in total. The first-order chi connectivity index (χ1) is 23.0. The Morgan fingerprint density at radius 3 is 0.979 bits per heavy atom. The minimum atomic E-state index is -4.54. The van der Waals surface area contributed by atoms with Crippen molar-refractivity contribution in [3.05, 3.63) is 114 Å². The molecule has 2 aromatic carbocycles. The summed E-state index contributed by atoms with van der Waals surface area (Å²) < 4.78 is 81.7. The Balaban J connectivity index is 1.15. The summed E-state index contributed by atoms with van der Waals surface area (Å²) in [4.78, 5) is 13.5. The van der Waals surface area contributed by atoms with Crippen LogP contribution in [0.5, 0.6) is 0 Å². The van der Waals surface area contributed by atoms with E-state index in [1.165, 1.54) is 71.2 Å². The first-order valence-corrected chi connectivity index (χ1v) is 15.6. The Morgan fingerprint density at radius 2 is 0.646 bits per heavy atom. The first-order valence-electron chi connectivity index (χ1n) is 14.0. The summed E-state index contributed by atoms with van der Waals surface area (Å²) in [5.41, 5.74) is 0.267. The van der Waals surface area contributed by atoms with Crippen molar-refractivity contribution in [2.24, 2.45) is 0 Å². The Morgan fingerprint density at radius 1 is 0.354 bits per heavy atom. The number of alkyl halides is 6. The maximum Gasteiger partial charge on any atom is 0.417 e. The molecule has 0 aliphatic carbocycles. The van der Waals surface area contributed by atoms with Gasteiger partial charge in [-0.05, 0) is 48.5 Å². The van der Waals surface area contributed by atoms with Gasteiger partial charge in [0.05, 0.1) is 22.5 Å². The SMILES string of the molecule is FC(F)(F)c1ccccc1-c1cccc(-c2nnc(-c3cccc(-c4nnc(-c5cccc(-c6ccccc6C(F)(F)F)n5)s4)n3)s2)n1. The Labute approximate surface area is 275 Å². The molecule has 0 atom stereocenters. The highest BCUT2D eigenvalue weighted by Gasteiger charge is 2.34. The van der Waals surface area contributed by atoms with Crippen LogP contribution in [0.25, 0.3) is 65.3 Å². The lowest BCUT2D eigenvalue weighted by Gasteiger charge is -2.12. The standard InChI is InChI=1S/C33H17F6N7S2/c34-32(35,36)20-10-3-1-8-18(20)22-12-5-14-24(40-22)28-43-45-30(47-28)26-16-7-17-27(42-26)31-46-44-29(48-31)25-15-6-13-23(41-25)19-9-2-4-11-21(19)33(37,38)39/h1-17H. The number of benzene rings is 2. The second-order valence-corrected chi connectivity index (χ2v) is 12.1. The van der Waals surface area contributed by atoms with E-state index >= 15 is 0 Å². The van der Waals surface area contributed by atoms with Gasteiger partial charge >= 0.3 is 12.4 Å². The molecule has 238 valence electrons. The normalized spacial score (nSPS) is 12.0. The van der Waals surface area contributed by atoms with Crippen LogP contribution in [0.15, 0.2) is 103 Å². The number of halogens is 6. The van der Waals surface area contributed by atoms with E-state index in [1.54, 1.807) is 42.5 Å². The van der Waals surface area contributed by atoms with Crippen LogP contribution in [0.1, 0.15) is 11.1 Å². The van der Waals surface area contributed by atoms with Crippen molar-refractivity contribution < 1.29 is 26.3 Å². The van der Waals surface area contributed by atoms with Crippen LogP contribution in [0.4, 0.5) is 26.3 Å². The quantitative estimate of drug-likeness (QED) is 0.161. The van der Waals surface area contributed by atoms with Gasteiger partial charge in [0.1, 0.15) is 22.8 Å². The number of hydrogen-bond donors (Lipinski definition) is 0. The van der Waals surface area contributed by atoms with Crippen molar-refractivity contribution in [2.75, 3.05) is 0 Å². The third-order valence-corrected chi connectivity index (χ3v) is 8.93. The Kier molecular flexibility index (Phi) is 8.01. The van der Waals surface area contributed by atoms with Gasteiger partial charge in [0.2, 0.25) is 0 Å². The van der Waals surface area contributed by atoms with E-state index in [0.717, 1.165) is 12.1 Å². The fraction of sp³-hybridized carbons (Fsp3) is 0.0606. The fourth-order valence-electron chi connectivity index (χ4n) is 4.85. The predicted octanol–water partition coefficient (Wildman–Crippen LogP) is 9.61. The molecule has 0 fully saturated rings. The van der Waals surface area contributed by atoms with Gasteiger partial charge < -0.3 is 0 Å². The molecule has 48 heavy (non-hydrogen) atoms. The molecule has 0 spiro atoms. The highest BCUT2D eigenvalue weighted by Crippen LogP contribution is 2.39. The molecule has 0 saturated carbocycles. The molecule has 7 rings (SSSR count). The van der Waals surface area contributed by atoms with Crippen molar-refractivity contribution in [3.63, 3.8) is 0 Å². The number of rotatable bonds is 6. The van der Waals surface area contributed by atoms with E-state index in [0.29, 0.717) is 42.8 Å². The molecule has 7 nitrogen and oxygen atoms in total. The van der Waals surface area contributed by atoms with Crippen LogP contribution in [0.3, 0.4) is 0 Å². The molecule has 15 heteroatoms. The second-order valence-electron chi connectivity index (χ2n) is 10.1. The minimum Gasteiger partial charge on any atom is -0.245 e. The topological polar surface area (TPSA) is 90.2 Å². The number of nitrogens with zero attached hydrogens (tertiary/aromatic N) is 7. The molecule has 0 radical (unpaired) electrons. The summed E-state index contributed by atoms with van der Waals surface area (Å²) in [5, 5.41) is 18.6. The van der Waals surface area contributed by atoms with Gasteiger partial charge in [-0.25, -0.2) is 15.0 Å². The molecule has 0 amide bonds. The lowest BCUT2D eigenvalue weighted by molar-refractivity contribution is -0.137. The van der Waals surface area contributed by atoms with Crippen molar-refractivity contribution in [3.8, 4) is 65.3 Å². The fourth-order valence-corrected chi connectivity index (χ4v) is 6.41. The molecule has 0 saturated heterocycles. The highest BCUT2D eigenvalue weighted by atomic mass is 32.1. The molecule has 0 aliphatic rings. The molecular formula is C33H17F6N7S2. The second kappa shape index (κ2) is 12.3. The van der Waals surface area contributed by atoms with Gasteiger partial charge in [-0.2, -0.15) is 26.3 Å². The third-order valence-electron chi connectivity index (χ3n) is 6.99. The third kappa shape index (κ3) is 6.29. The smallest absolute Gasteiger partial charge is 0.245 e. The summed E-state index contributed by atoms with van der Waals surface area (Å²) in [6, 6.07) is 25.2. The van der Waals surface area contributed by atoms with Gasteiger partial charge in [0.15, 0.2) is 20.0 Å². The van der Waals surface area contributed by atoms with Gasteiger partial charge in [0, 0.05) is 11.1 Å². The Bertz CT molecular complexity index is 2110. The number of pyridine rings is 3. The van der Waals surface area contributed by atoms with Crippen LogP contribution in [-0.4, -0.2) is 35.3 Å². The lowest BCUT2D eigenvalue weighted by Crippen LogP contribution is -2.07. The van der Waals surface area contributed by atoms with E-state index in [1.807, 2.05) is 0 Å². The van der Waals surface area contributed by atoms with Crippen molar-refractivity contribution in [1.29, 1.82) is 0 Å². The zero-order chi connectivity index (χ0) is 33.5. The monoisotopic (exact) mass is 689 g/mol. The summed E-state index contributed by atoms with van der Waals surface area (Å²) in [6.45, 7) is 0. The highest BCUT2D eigenvalue weighted by molar-refractivity contribution is 7.18. The van der Waals surface area contributed by atoms with Gasteiger partial charge in [0.25, 0.3) is 0 Å². The molecule has 5 heterocycles. The Hall–Kier alpha value is -5.41. The number of hydrogen-bond acceptors (Lipinski definition) is 9. The molecule has 0 bridgehead atoms. The molecule has 5 aromatic heterocycles. The summed E-state index contributed by atoms with van der Waals surface area (Å²) in [7, 11) is 0. The summed E-state index contributed by atoms with van der Waals surface area (Å²) >= 11 is 2.34. The van der Waals surface area contributed by atoms with E-state index in [2.05, 4.69) is 35.3 Å². The molecular weight excluding hydrogens is 673 g/mol. The van der Waals surface area contributed by atoms with Crippen molar-refractivity contribution in [2.45, 2.75) is 12.4 Å². The first kappa shape index (κ1) is 31.2. The summed E-state index contributed by atoms with van der Waals surface area (Å²) in [6.07, 6.45) is -9.09. The minimum absolute atomic E-state index is 0.0459. The average Bonchev–Trinajstić information content (AvgIpc) is 3.79. The van der Waals surface area contributed by atoms with Gasteiger partial charge in [-0.1, -0.05) is 77.3 Å². The maximum atomic E-state index is 13.6. The summed E-state index contributed by atoms with van der Waals surface area (Å²) in [5.74, 6) is 0. The largest absolute Gasteiger partial charge is 0.417 e. The van der Waals surface area contributed by atoms with Crippen LogP contribution in [-0.2, 0) is 12.4 Å². The number of aromatic nitrogens is 7. The van der Waals surface area contributed by atoms with E-state index < -0.39 is 23.5 Å². The van der Waals surface area contributed by atoms with E-state index in [-0.39, 0.29) is 22.5 Å². The predicted molar refractivity (Wildman–Crippen MR) is 169 cm³/mol. The molecule has 0 unspecified atom stereocenters. The van der Waals surface area contributed by atoms with Crippen molar-refractivity contribution >= 4 is 22.7 Å². The molecule has 0 aliphatic heterocycles. The average molecular weight is 690 g/mol. The van der Waals surface area contributed by atoms with Crippen LogP contribution >= 0.6 is 22.7 Å². The zero-order valence-corrected chi connectivity index (χ0v) is 25.7. The van der Waals surface area contributed by atoms with Gasteiger partial charge in [-0.15, -0.1) is 20.4 Å². The van der Waals surface area contributed by atoms with Crippen LogP contribution < -0.4 is 0 Å². The zero-order valence-electron chi connectivity index (χ0n) is 24.0. The van der Waals surface area contributed by atoms with Crippen LogP contribution in [0, 0.1) is 0 Å². The molecule has 7 aromatic rings. The van der Waals surface area contributed by atoms with Gasteiger partial charge in [-0.3, -0.25) is 0 Å².